The fourth-order valence-electron chi connectivity index (χ4n) is 3.17. The number of ether oxygens (including phenoxy) is 2. The fraction of sp³-hybridized carbons (Fsp3) is 0.208. The molecule has 1 aliphatic heterocycles. The largest absolute Gasteiger partial charge is 0.507 e. The number of fused-ring (bicyclic) bond motifs is 1. The topological polar surface area (TPSA) is 97.4 Å². The van der Waals surface area contributed by atoms with Crippen LogP contribution in [0.2, 0.25) is 0 Å². The molecule has 33 heavy (non-hydrogen) atoms. The summed E-state index contributed by atoms with van der Waals surface area (Å²) in [5, 5.41) is 19.8. The molecule has 0 spiro atoms. The average molecular weight is 465 g/mol. The van der Waals surface area contributed by atoms with E-state index in [4.69, 9.17) is 9.47 Å². The number of nitrogens with one attached hydrogen (secondary N) is 1. The van der Waals surface area contributed by atoms with E-state index in [1.165, 1.54) is 11.3 Å². The van der Waals surface area contributed by atoms with Crippen LogP contribution >= 0.6 is 11.3 Å². The van der Waals surface area contributed by atoms with Gasteiger partial charge in [-0.15, -0.1) is 11.3 Å². The third-order valence-electron chi connectivity index (χ3n) is 4.70. The minimum Gasteiger partial charge on any atom is -0.507 e. The Hall–Kier alpha value is -3.85. The van der Waals surface area contributed by atoms with Crippen LogP contribution in [0.3, 0.4) is 0 Å². The molecular formula is C24H24N4O4S. The Morgan fingerprint density at radius 1 is 1.36 bits per heavy atom. The van der Waals surface area contributed by atoms with Crippen LogP contribution in [0.1, 0.15) is 19.4 Å². The van der Waals surface area contributed by atoms with Crippen LogP contribution in [-0.2, 0) is 4.79 Å². The van der Waals surface area contributed by atoms with E-state index < -0.39 is 0 Å². The van der Waals surface area contributed by atoms with Crippen molar-refractivity contribution in [2.45, 2.75) is 13.8 Å². The standard InChI is InChI=1S/C24H24N4O4S/c1-4-31-18-7-5-17(21(29)10-18)12-26-28-20(14-33-24(28)25-11-15(2)3)16-6-8-22-19(9-16)27-23(30)13-32-22/h5-10,12,14,29H,2,4,11,13H2,1,3H3,(H,27,30). The Kier molecular flexibility index (Phi) is 6.60. The van der Waals surface area contributed by atoms with Crippen LogP contribution in [0, 0.1) is 0 Å². The van der Waals surface area contributed by atoms with Crippen molar-refractivity contribution in [3.63, 3.8) is 0 Å². The number of phenolic OH excluding ortho intramolecular Hbond substituents is 1. The van der Waals surface area contributed by atoms with Gasteiger partial charge >= 0.3 is 0 Å². The summed E-state index contributed by atoms with van der Waals surface area (Å²) < 4.78 is 12.6. The Morgan fingerprint density at radius 3 is 2.97 bits per heavy atom. The lowest BCUT2D eigenvalue weighted by Crippen LogP contribution is -2.25. The molecule has 2 aromatic carbocycles. The Morgan fingerprint density at radius 2 is 2.21 bits per heavy atom. The van der Waals surface area contributed by atoms with Gasteiger partial charge in [-0.25, -0.2) is 4.68 Å². The number of phenols is 1. The molecule has 170 valence electrons. The molecule has 0 fully saturated rings. The number of rotatable bonds is 7. The van der Waals surface area contributed by atoms with Gasteiger partial charge in [-0.05, 0) is 44.2 Å². The van der Waals surface area contributed by atoms with Crippen LogP contribution in [-0.4, -0.2) is 41.7 Å². The summed E-state index contributed by atoms with van der Waals surface area (Å²) in [6, 6.07) is 10.6. The highest BCUT2D eigenvalue weighted by Crippen LogP contribution is 2.33. The summed E-state index contributed by atoms with van der Waals surface area (Å²) >= 11 is 1.44. The number of carbonyl (C=O) groups excluding carboxylic acids is 1. The average Bonchev–Trinajstić information content (AvgIpc) is 3.19. The van der Waals surface area contributed by atoms with Crippen molar-refractivity contribution >= 4 is 29.1 Å². The van der Waals surface area contributed by atoms with Crippen molar-refractivity contribution in [3.8, 4) is 28.5 Å². The van der Waals surface area contributed by atoms with Crippen molar-refractivity contribution < 1.29 is 19.4 Å². The highest BCUT2D eigenvalue weighted by molar-refractivity contribution is 7.07. The van der Waals surface area contributed by atoms with Gasteiger partial charge in [0.2, 0.25) is 4.80 Å². The maximum absolute atomic E-state index is 11.7. The van der Waals surface area contributed by atoms with Gasteiger partial charge < -0.3 is 19.9 Å². The van der Waals surface area contributed by atoms with Crippen molar-refractivity contribution in [3.05, 3.63) is 64.3 Å². The van der Waals surface area contributed by atoms with Gasteiger partial charge in [0.15, 0.2) is 6.61 Å². The second-order valence-electron chi connectivity index (χ2n) is 7.43. The lowest BCUT2D eigenvalue weighted by atomic mass is 10.1. The Balaban J connectivity index is 1.75. The molecule has 2 N–H and O–H groups in total. The number of aromatic hydroxyl groups is 1. The quantitative estimate of drug-likeness (QED) is 0.408. The molecule has 2 heterocycles. The molecular weight excluding hydrogens is 440 g/mol. The summed E-state index contributed by atoms with van der Waals surface area (Å²) in [5.74, 6) is 1.08. The molecule has 1 amide bonds. The third-order valence-corrected chi connectivity index (χ3v) is 5.56. The van der Waals surface area contributed by atoms with E-state index in [0.717, 1.165) is 16.8 Å². The van der Waals surface area contributed by atoms with E-state index in [1.807, 2.05) is 37.4 Å². The molecule has 0 saturated heterocycles. The Labute approximate surface area is 195 Å². The van der Waals surface area contributed by atoms with Crippen molar-refractivity contribution in [2.24, 2.45) is 10.1 Å². The van der Waals surface area contributed by atoms with Crippen LogP contribution in [0.15, 0.2) is 64.0 Å². The van der Waals surface area contributed by atoms with Crippen molar-refractivity contribution in [1.29, 1.82) is 0 Å². The van der Waals surface area contributed by atoms with Crippen molar-refractivity contribution in [2.75, 3.05) is 25.1 Å². The molecule has 0 bridgehead atoms. The van der Waals surface area contributed by atoms with Crippen LogP contribution in [0.5, 0.6) is 17.2 Å². The van der Waals surface area contributed by atoms with Gasteiger partial charge in [0, 0.05) is 22.6 Å². The first-order chi connectivity index (χ1) is 15.9. The number of anilines is 1. The van der Waals surface area contributed by atoms with Gasteiger partial charge in [0.25, 0.3) is 5.91 Å². The van der Waals surface area contributed by atoms with Gasteiger partial charge in [-0.2, -0.15) is 5.10 Å². The number of hydrogen-bond donors (Lipinski definition) is 2. The number of aromatic nitrogens is 1. The van der Waals surface area contributed by atoms with Crippen LogP contribution < -0.4 is 19.6 Å². The Bertz CT molecular complexity index is 1310. The lowest BCUT2D eigenvalue weighted by molar-refractivity contribution is -0.118. The molecule has 3 aromatic rings. The summed E-state index contributed by atoms with van der Waals surface area (Å²) in [4.78, 5) is 17.0. The molecule has 8 nitrogen and oxygen atoms in total. The zero-order chi connectivity index (χ0) is 23.4. The molecule has 0 unspecified atom stereocenters. The predicted octanol–water partition coefficient (Wildman–Crippen LogP) is 4.01. The summed E-state index contributed by atoms with van der Waals surface area (Å²) in [6.45, 7) is 8.70. The normalized spacial score (nSPS) is 13.5. The first-order valence-electron chi connectivity index (χ1n) is 10.4. The minimum absolute atomic E-state index is 0.00457. The smallest absolute Gasteiger partial charge is 0.262 e. The summed E-state index contributed by atoms with van der Waals surface area (Å²) in [5.41, 5.74) is 3.69. The van der Waals surface area contributed by atoms with Crippen LogP contribution in [0.25, 0.3) is 11.3 Å². The molecule has 0 atom stereocenters. The van der Waals surface area contributed by atoms with Gasteiger partial charge in [0.05, 0.1) is 30.7 Å². The number of hydrogen-bond acceptors (Lipinski definition) is 7. The SMILES string of the molecule is C=C(C)CN=c1scc(-c2ccc3c(c2)NC(=O)CO3)n1N=Cc1ccc(OCC)cc1O. The number of carbonyl (C=O) groups is 1. The highest BCUT2D eigenvalue weighted by atomic mass is 32.1. The van der Waals surface area contributed by atoms with Gasteiger partial charge in [-0.1, -0.05) is 12.2 Å². The van der Waals surface area contributed by atoms with E-state index in [-0.39, 0.29) is 18.3 Å². The third kappa shape index (κ3) is 5.15. The zero-order valence-corrected chi connectivity index (χ0v) is 19.2. The summed E-state index contributed by atoms with van der Waals surface area (Å²) in [7, 11) is 0. The first-order valence-corrected chi connectivity index (χ1v) is 11.2. The lowest BCUT2D eigenvalue weighted by Gasteiger charge is -2.18. The predicted molar refractivity (Wildman–Crippen MR) is 129 cm³/mol. The molecule has 4 rings (SSSR count). The zero-order valence-electron chi connectivity index (χ0n) is 18.4. The molecule has 0 radical (unpaired) electrons. The first kappa shape index (κ1) is 22.3. The molecule has 1 aliphatic rings. The van der Waals surface area contributed by atoms with E-state index >= 15 is 0 Å². The maximum atomic E-state index is 11.7. The second kappa shape index (κ2) is 9.74. The minimum atomic E-state index is -0.195. The maximum Gasteiger partial charge on any atom is 0.262 e. The van der Waals surface area contributed by atoms with E-state index in [2.05, 4.69) is 22.0 Å². The van der Waals surface area contributed by atoms with E-state index in [9.17, 15) is 9.90 Å². The van der Waals surface area contributed by atoms with Gasteiger partial charge in [0.1, 0.15) is 17.2 Å². The van der Waals surface area contributed by atoms with Gasteiger partial charge in [-0.3, -0.25) is 9.79 Å². The fourth-order valence-corrected chi connectivity index (χ4v) is 4.01. The highest BCUT2D eigenvalue weighted by Gasteiger charge is 2.18. The second-order valence-corrected chi connectivity index (χ2v) is 8.27. The number of nitrogens with zero attached hydrogens (tertiary/aromatic N) is 3. The van der Waals surface area contributed by atoms with Crippen molar-refractivity contribution in [1.82, 2.24) is 4.68 Å². The molecule has 9 heteroatoms. The number of benzene rings is 2. The molecule has 0 saturated carbocycles. The number of amides is 1. The molecule has 0 aliphatic carbocycles. The van der Waals surface area contributed by atoms with E-state index in [0.29, 0.717) is 40.7 Å². The molecule has 1 aromatic heterocycles. The monoisotopic (exact) mass is 464 g/mol. The summed E-state index contributed by atoms with van der Waals surface area (Å²) in [6.07, 6.45) is 1.57. The number of thiazole rings is 1. The van der Waals surface area contributed by atoms with Crippen LogP contribution in [0.4, 0.5) is 5.69 Å². The van der Waals surface area contributed by atoms with E-state index in [1.54, 1.807) is 29.1 Å².